The lowest BCUT2D eigenvalue weighted by atomic mass is 10.0. The Kier molecular flexibility index (Phi) is 3.56. The van der Waals surface area contributed by atoms with Gasteiger partial charge in [-0.15, -0.1) is 11.3 Å². The lowest BCUT2D eigenvalue weighted by Gasteiger charge is -2.30. The highest BCUT2D eigenvalue weighted by molar-refractivity contribution is 7.16. The lowest BCUT2D eigenvalue weighted by Crippen LogP contribution is -2.50. The summed E-state index contributed by atoms with van der Waals surface area (Å²) in [6.45, 7) is 1.67. The van der Waals surface area contributed by atoms with Crippen molar-refractivity contribution in [2.75, 3.05) is 13.2 Å². The predicted molar refractivity (Wildman–Crippen MR) is 66.1 cm³/mol. The van der Waals surface area contributed by atoms with E-state index in [9.17, 15) is 10.2 Å². The van der Waals surface area contributed by atoms with E-state index in [0.717, 1.165) is 17.2 Å². The molecule has 1 aliphatic carbocycles. The topological polar surface area (TPSA) is 52.5 Å². The molecule has 0 saturated carbocycles. The van der Waals surface area contributed by atoms with Gasteiger partial charge in [0.05, 0.1) is 23.1 Å². The Hall–Kier alpha value is -0.130. The normalized spacial score (nSPS) is 20.1. The third kappa shape index (κ3) is 2.26. The van der Waals surface area contributed by atoms with Crippen molar-refractivity contribution in [1.82, 2.24) is 5.32 Å². The van der Waals surface area contributed by atoms with E-state index in [-0.39, 0.29) is 19.3 Å². The summed E-state index contributed by atoms with van der Waals surface area (Å²) in [4.78, 5) is 1.32. The number of rotatable bonds is 4. The van der Waals surface area contributed by atoms with E-state index in [4.69, 9.17) is 11.6 Å². The van der Waals surface area contributed by atoms with Gasteiger partial charge < -0.3 is 15.5 Å². The summed E-state index contributed by atoms with van der Waals surface area (Å²) in [5, 5.41) is 21.8. The minimum Gasteiger partial charge on any atom is -0.394 e. The fourth-order valence-electron chi connectivity index (χ4n) is 2.04. The van der Waals surface area contributed by atoms with E-state index in [0.29, 0.717) is 0 Å². The molecule has 0 aliphatic heterocycles. The Balaban J connectivity index is 2.13. The van der Waals surface area contributed by atoms with Crippen LogP contribution in [-0.4, -0.2) is 29.0 Å². The van der Waals surface area contributed by atoms with Crippen LogP contribution in [0.25, 0.3) is 0 Å². The molecule has 16 heavy (non-hydrogen) atoms. The van der Waals surface area contributed by atoms with Crippen LogP contribution >= 0.6 is 22.9 Å². The van der Waals surface area contributed by atoms with Crippen molar-refractivity contribution in [2.45, 2.75) is 31.3 Å². The average Bonchev–Trinajstić information content (AvgIpc) is 2.79. The molecule has 0 bridgehead atoms. The molecule has 0 fully saturated rings. The van der Waals surface area contributed by atoms with E-state index >= 15 is 0 Å². The van der Waals surface area contributed by atoms with Crippen molar-refractivity contribution in [2.24, 2.45) is 0 Å². The fourth-order valence-corrected chi connectivity index (χ4v) is 3.40. The van der Waals surface area contributed by atoms with E-state index in [1.54, 1.807) is 11.3 Å². The molecule has 0 aromatic carbocycles. The van der Waals surface area contributed by atoms with E-state index in [1.807, 2.05) is 13.0 Å². The van der Waals surface area contributed by atoms with Gasteiger partial charge in [-0.1, -0.05) is 11.6 Å². The van der Waals surface area contributed by atoms with Crippen LogP contribution in [0.2, 0.25) is 4.34 Å². The number of aliphatic hydroxyl groups excluding tert-OH is 2. The molecule has 3 nitrogen and oxygen atoms in total. The first kappa shape index (κ1) is 12.3. The number of fused-ring (bicyclic) bond motifs is 1. The van der Waals surface area contributed by atoms with Gasteiger partial charge in [-0.05, 0) is 31.4 Å². The van der Waals surface area contributed by atoms with Gasteiger partial charge in [-0.25, -0.2) is 0 Å². The summed E-state index contributed by atoms with van der Waals surface area (Å²) in [5.41, 5.74) is 0.601. The quantitative estimate of drug-likeness (QED) is 0.774. The highest BCUT2D eigenvalue weighted by Crippen LogP contribution is 2.40. The van der Waals surface area contributed by atoms with E-state index in [2.05, 4.69) is 5.32 Å². The molecule has 0 spiro atoms. The second-order valence-corrected chi connectivity index (χ2v) is 6.31. The first-order valence-electron chi connectivity index (χ1n) is 5.35. The highest BCUT2D eigenvalue weighted by atomic mass is 35.5. The third-order valence-electron chi connectivity index (χ3n) is 3.07. The second kappa shape index (κ2) is 4.63. The summed E-state index contributed by atoms with van der Waals surface area (Å²) in [5.74, 6) is 0. The zero-order valence-corrected chi connectivity index (χ0v) is 10.7. The van der Waals surface area contributed by atoms with Crippen LogP contribution in [0.5, 0.6) is 0 Å². The van der Waals surface area contributed by atoms with Crippen LogP contribution in [0.15, 0.2) is 6.07 Å². The zero-order chi connectivity index (χ0) is 11.8. The average molecular weight is 262 g/mol. The number of thiophene rings is 1. The maximum Gasteiger partial charge on any atom is 0.0934 e. The Labute approximate surface area is 104 Å². The molecule has 1 aliphatic rings. The Morgan fingerprint density at radius 2 is 2.25 bits per heavy atom. The van der Waals surface area contributed by atoms with Gasteiger partial charge in [0.2, 0.25) is 0 Å². The van der Waals surface area contributed by atoms with E-state index < -0.39 is 5.54 Å². The number of nitrogens with one attached hydrogen (secondary N) is 1. The summed E-state index contributed by atoms with van der Waals surface area (Å²) in [6.07, 6.45) is 2.03. The Morgan fingerprint density at radius 1 is 1.56 bits per heavy atom. The van der Waals surface area contributed by atoms with Gasteiger partial charge in [-0.2, -0.15) is 0 Å². The molecule has 1 unspecified atom stereocenters. The largest absolute Gasteiger partial charge is 0.394 e. The van der Waals surface area contributed by atoms with Crippen LogP contribution in [0, 0.1) is 0 Å². The SMILES string of the molecule is CC(CO)(CO)NC1CCc2sc(Cl)cc21. The molecule has 1 heterocycles. The lowest BCUT2D eigenvalue weighted by molar-refractivity contribution is 0.0939. The smallest absolute Gasteiger partial charge is 0.0934 e. The minimum absolute atomic E-state index is 0.0762. The number of aryl methyl sites for hydroxylation is 1. The molecule has 2 rings (SSSR count). The molecule has 1 aromatic rings. The van der Waals surface area contributed by atoms with Crippen molar-refractivity contribution in [1.29, 1.82) is 0 Å². The highest BCUT2D eigenvalue weighted by Gasteiger charge is 2.31. The van der Waals surface area contributed by atoms with Crippen molar-refractivity contribution in [3.8, 4) is 0 Å². The number of halogens is 1. The molecule has 0 saturated heterocycles. The number of aliphatic hydroxyl groups is 2. The van der Waals surface area contributed by atoms with Crippen LogP contribution in [-0.2, 0) is 6.42 Å². The van der Waals surface area contributed by atoms with Gasteiger partial charge in [0.25, 0.3) is 0 Å². The molecule has 0 radical (unpaired) electrons. The van der Waals surface area contributed by atoms with Crippen LogP contribution in [0.4, 0.5) is 0 Å². The monoisotopic (exact) mass is 261 g/mol. The fraction of sp³-hybridized carbons (Fsp3) is 0.636. The summed E-state index contributed by atoms with van der Waals surface area (Å²) < 4.78 is 0.811. The standard InChI is InChI=1S/C11H16ClNO2S/c1-11(5-14,6-15)13-8-2-3-9-7(8)4-10(12)16-9/h4,8,13-15H,2-3,5-6H2,1H3. The van der Waals surface area contributed by atoms with Crippen LogP contribution in [0.1, 0.15) is 29.8 Å². The zero-order valence-electron chi connectivity index (χ0n) is 9.16. The van der Waals surface area contributed by atoms with Gasteiger partial charge >= 0.3 is 0 Å². The molecular weight excluding hydrogens is 246 g/mol. The Morgan fingerprint density at radius 3 is 2.88 bits per heavy atom. The van der Waals surface area contributed by atoms with Crippen molar-refractivity contribution in [3.63, 3.8) is 0 Å². The maximum atomic E-state index is 9.25. The second-order valence-electron chi connectivity index (χ2n) is 4.54. The molecule has 90 valence electrons. The van der Waals surface area contributed by atoms with Crippen molar-refractivity contribution in [3.05, 3.63) is 20.8 Å². The van der Waals surface area contributed by atoms with Crippen LogP contribution in [0.3, 0.4) is 0 Å². The first-order valence-corrected chi connectivity index (χ1v) is 6.55. The van der Waals surface area contributed by atoms with Gasteiger partial charge in [-0.3, -0.25) is 0 Å². The third-order valence-corrected chi connectivity index (χ3v) is 4.41. The Bertz CT molecular complexity index is 376. The van der Waals surface area contributed by atoms with E-state index in [1.165, 1.54) is 10.4 Å². The van der Waals surface area contributed by atoms with Crippen molar-refractivity contribution < 1.29 is 10.2 Å². The predicted octanol–water partition coefficient (Wildman–Crippen LogP) is 1.72. The molecule has 5 heteroatoms. The number of hydrogen-bond donors (Lipinski definition) is 3. The molecule has 3 N–H and O–H groups in total. The van der Waals surface area contributed by atoms with Gasteiger partial charge in [0, 0.05) is 10.9 Å². The number of hydrogen-bond acceptors (Lipinski definition) is 4. The van der Waals surface area contributed by atoms with Gasteiger partial charge in [0.1, 0.15) is 0 Å². The summed E-state index contributed by atoms with van der Waals surface area (Å²) in [6, 6.07) is 2.18. The molecule has 1 aromatic heterocycles. The minimum atomic E-state index is -0.624. The summed E-state index contributed by atoms with van der Waals surface area (Å²) >= 11 is 7.60. The van der Waals surface area contributed by atoms with Gasteiger partial charge in [0.15, 0.2) is 0 Å². The maximum absolute atomic E-state index is 9.25. The summed E-state index contributed by atoms with van der Waals surface area (Å²) in [7, 11) is 0. The van der Waals surface area contributed by atoms with Crippen molar-refractivity contribution >= 4 is 22.9 Å². The molecule has 0 amide bonds. The molecule has 1 atom stereocenters. The molecular formula is C11H16ClNO2S. The first-order chi connectivity index (χ1) is 7.58. The van der Waals surface area contributed by atoms with Crippen LogP contribution < -0.4 is 5.32 Å².